The van der Waals surface area contributed by atoms with E-state index in [9.17, 15) is 9.59 Å². The quantitative estimate of drug-likeness (QED) is 0.613. The fraction of sp³-hybridized carbons (Fsp3) is 0.368. The number of hydrogen-bond acceptors (Lipinski definition) is 6. The predicted octanol–water partition coefficient (Wildman–Crippen LogP) is 2.71. The molecule has 0 aliphatic rings. The summed E-state index contributed by atoms with van der Waals surface area (Å²) in [5.74, 6) is -0.149. The third-order valence-electron chi connectivity index (χ3n) is 4.17. The predicted molar refractivity (Wildman–Crippen MR) is 106 cm³/mol. The highest BCUT2D eigenvalue weighted by atomic mass is 32.1. The van der Waals surface area contributed by atoms with Crippen molar-refractivity contribution >= 4 is 33.4 Å². The van der Waals surface area contributed by atoms with E-state index < -0.39 is 11.9 Å². The number of nitrogens with zero attached hydrogens (tertiary/aromatic N) is 4. The van der Waals surface area contributed by atoms with Gasteiger partial charge in [0.25, 0.3) is 5.91 Å². The third-order valence-corrected chi connectivity index (χ3v) is 5.21. The number of esters is 1. The minimum Gasteiger partial charge on any atom is -0.497 e. The van der Waals surface area contributed by atoms with Gasteiger partial charge in [0.05, 0.1) is 30.1 Å². The van der Waals surface area contributed by atoms with Gasteiger partial charge in [0, 0.05) is 6.04 Å². The fourth-order valence-electron chi connectivity index (χ4n) is 2.83. The molecule has 0 radical (unpaired) electrons. The summed E-state index contributed by atoms with van der Waals surface area (Å²) in [5.41, 5.74) is 1.93. The maximum absolute atomic E-state index is 12.9. The molecule has 3 rings (SSSR count). The molecule has 3 aromatic rings. The van der Waals surface area contributed by atoms with Crippen molar-refractivity contribution in [3.8, 4) is 5.75 Å². The Hall–Kier alpha value is -2.94. The Morgan fingerprint density at radius 1 is 1.25 bits per heavy atom. The highest BCUT2D eigenvalue weighted by Crippen LogP contribution is 2.23. The summed E-state index contributed by atoms with van der Waals surface area (Å²) in [6, 6.07) is 7.22. The van der Waals surface area contributed by atoms with Crippen molar-refractivity contribution in [1.82, 2.24) is 14.3 Å². The molecular weight excluding hydrogens is 380 g/mol. The highest BCUT2D eigenvalue weighted by molar-refractivity contribution is 7.16. The van der Waals surface area contributed by atoms with Crippen molar-refractivity contribution in [2.45, 2.75) is 33.4 Å². The lowest BCUT2D eigenvalue weighted by Gasteiger charge is -2.08. The summed E-state index contributed by atoms with van der Waals surface area (Å²) >= 11 is 1.31. The van der Waals surface area contributed by atoms with Crippen molar-refractivity contribution in [1.29, 1.82) is 0 Å². The maximum Gasteiger partial charge on any atom is 0.325 e. The Balaban J connectivity index is 2.16. The van der Waals surface area contributed by atoms with Gasteiger partial charge in [0.1, 0.15) is 18.0 Å². The average molecular weight is 402 g/mol. The zero-order valence-electron chi connectivity index (χ0n) is 16.4. The van der Waals surface area contributed by atoms with Gasteiger partial charge in [-0.15, -0.1) is 0 Å². The van der Waals surface area contributed by atoms with Crippen molar-refractivity contribution < 1.29 is 19.1 Å². The Kier molecular flexibility index (Phi) is 5.64. The van der Waals surface area contributed by atoms with Gasteiger partial charge in [-0.05, 0) is 45.0 Å². The first kappa shape index (κ1) is 19.8. The second kappa shape index (κ2) is 7.97. The minimum absolute atomic E-state index is 0.0247. The van der Waals surface area contributed by atoms with Gasteiger partial charge in [0.15, 0.2) is 4.80 Å². The van der Waals surface area contributed by atoms with E-state index in [1.165, 1.54) is 18.4 Å². The van der Waals surface area contributed by atoms with Gasteiger partial charge in [-0.1, -0.05) is 11.3 Å². The number of aromatic nitrogens is 3. The van der Waals surface area contributed by atoms with E-state index in [1.807, 2.05) is 32.9 Å². The summed E-state index contributed by atoms with van der Waals surface area (Å²) in [6.45, 7) is 5.69. The highest BCUT2D eigenvalue weighted by Gasteiger charge is 2.17. The van der Waals surface area contributed by atoms with Crippen molar-refractivity contribution in [2.75, 3.05) is 14.2 Å². The lowest BCUT2D eigenvalue weighted by molar-refractivity contribution is -0.141. The minimum atomic E-state index is -0.424. The molecule has 1 amide bonds. The summed E-state index contributed by atoms with van der Waals surface area (Å²) in [6.07, 6.45) is 0. The molecule has 1 aromatic carbocycles. The molecule has 2 heterocycles. The second-order valence-corrected chi connectivity index (χ2v) is 7.52. The van der Waals surface area contributed by atoms with Crippen LogP contribution in [0.1, 0.15) is 36.1 Å². The Labute approximate surface area is 166 Å². The molecule has 0 aliphatic carbocycles. The van der Waals surface area contributed by atoms with Crippen molar-refractivity contribution in [2.24, 2.45) is 4.99 Å². The van der Waals surface area contributed by atoms with E-state index in [4.69, 9.17) is 9.47 Å². The van der Waals surface area contributed by atoms with E-state index >= 15 is 0 Å². The molecule has 0 atom stereocenters. The molecule has 0 N–H and O–H groups in total. The summed E-state index contributed by atoms with van der Waals surface area (Å²) in [7, 11) is 2.91. The topological polar surface area (TPSA) is 87.7 Å². The standard InChI is InChI=1S/C19H22N4O4S/c1-11(2)23-15(8-12(3)21-23)18(25)20-19-22(10-17(24)27-5)14-7-6-13(26-4)9-16(14)28-19/h6-9,11H,10H2,1-5H3. The number of thiazole rings is 1. The summed E-state index contributed by atoms with van der Waals surface area (Å²) < 4.78 is 14.2. The zero-order valence-corrected chi connectivity index (χ0v) is 17.2. The van der Waals surface area contributed by atoms with E-state index in [1.54, 1.807) is 28.5 Å². The second-order valence-electron chi connectivity index (χ2n) is 6.51. The van der Waals surface area contributed by atoms with Gasteiger partial charge in [-0.2, -0.15) is 10.1 Å². The van der Waals surface area contributed by atoms with Gasteiger partial charge in [-0.25, -0.2) is 0 Å². The summed E-state index contributed by atoms with van der Waals surface area (Å²) in [4.78, 5) is 29.5. The lowest BCUT2D eigenvalue weighted by atomic mass is 10.3. The first-order valence-corrected chi connectivity index (χ1v) is 9.55. The number of rotatable bonds is 5. The summed E-state index contributed by atoms with van der Waals surface area (Å²) in [5, 5.41) is 4.36. The number of fused-ring (bicyclic) bond motifs is 1. The van der Waals surface area contributed by atoms with Gasteiger partial charge in [0.2, 0.25) is 0 Å². The van der Waals surface area contributed by atoms with E-state index in [-0.39, 0.29) is 12.6 Å². The van der Waals surface area contributed by atoms with E-state index in [0.29, 0.717) is 16.2 Å². The fourth-order valence-corrected chi connectivity index (χ4v) is 3.88. The van der Waals surface area contributed by atoms with Crippen LogP contribution in [0.2, 0.25) is 0 Å². The molecule has 28 heavy (non-hydrogen) atoms. The van der Waals surface area contributed by atoms with Crippen molar-refractivity contribution in [3.63, 3.8) is 0 Å². The lowest BCUT2D eigenvalue weighted by Crippen LogP contribution is -2.23. The number of hydrogen-bond donors (Lipinski definition) is 0. The van der Waals surface area contributed by atoms with Crippen LogP contribution in [0, 0.1) is 6.92 Å². The van der Waals surface area contributed by atoms with Crippen molar-refractivity contribution in [3.05, 3.63) is 40.5 Å². The van der Waals surface area contributed by atoms with E-state index in [2.05, 4.69) is 10.1 Å². The normalized spacial score (nSPS) is 12.0. The molecule has 0 fully saturated rings. The number of amides is 1. The van der Waals surface area contributed by atoms with Crippen LogP contribution in [0.3, 0.4) is 0 Å². The number of benzene rings is 1. The molecule has 0 saturated heterocycles. The SMILES string of the molecule is COC(=O)Cn1c(=NC(=O)c2cc(C)nn2C(C)C)sc2cc(OC)ccc21. The number of methoxy groups -OCH3 is 2. The first-order chi connectivity index (χ1) is 13.3. The van der Waals surface area contributed by atoms with Crippen LogP contribution < -0.4 is 9.54 Å². The molecular formula is C19H22N4O4S. The number of ether oxygens (including phenoxy) is 2. The molecule has 0 unspecified atom stereocenters. The molecule has 9 heteroatoms. The van der Waals surface area contributed by atoms with Gasteiger partial charge in [-0.3, -0.25) is 14.3 Å². The third kappa shape index (κ3) is 3.84. The largest absolute Gasteiger partial charge is 0.497 e. The Bertz CT molecular complexity index is 1110. The van der Waals surface area contributed by atoms with E-state index in [0.717, 1.165) is 15.9 Å². The van der Waals surface area contributed by atoms with Gasteiger partial charge >= 0.3 is 5.97 Å². The van der Waals surface area contributed by atoms with Crippen LogP contribution in [-0.2, 0) is 16.1 Å². The molecule has 0 bridgehead atoms. The monoisotopic (exact) mass is 402 g/mol. The smallest absolute Gasteiger partial charge is 0.325 e. The molecule has 0 saturated carbocycles. The zero-order chi connectivity index (χ0) is 20.4. The van der Waals surface area contributed by atoms with Crippen LogP contribution in [-0.4, -0.2) is 40.4 Å². The maximum atomic E-state index is 12.9. The van der Waals surface area contributed by atoms with Gasteiger partial charge < -0.3 is 14.0 Å². The molecule has 0 spiro atoms. The Morgan fingerprint density at radius 2 is 2.00 bits per heavy atom. The van der Waals surface area contributed by atoms with Crippen LogP contribution in [0.4, 0.5) is 0 Å². The Morgan fingerprint density at radius 3 is 2.64 bits per heavy atom. The van der Waals surface area contributed by atoms with Crippen LogP contribution in [0.15, 0.2) is 29.3 Å². The number of carbonyl (C=O) groups excluding carboxylic acids is 2. The first-order valence-electron chi connectivity index (χ1n) is 8.73. The van der Waals surface area contributed by atoms with Crippen LogP contribution >= 0.6 is 11.3 Å². The number of aryl methyl sites for hydroxylation is 1. The average Bonchev–Trinajstić information content (AvgIpc) is 3.22. The molecule has 0 aliphatic heterocycles. The molecule has 8 nitrogen and oxygen atoms in total. The van der Waals surface area contributed by atoms with Crippen LogP contribution in [0.5, 0.6) is 5.75 Å². The molecule has 2 aromatic heterocycles. The number of carbonyl (C=O) groups is 2. The molecule has 148 valence electrons. The van der Waals surface area contributed by atoms with Crippen LogP contribution in [0.25, 0.3) is 10.2 Å².